The predicted octanol–water partition coefficient (Wildman–Crippen LogP) is 2.25. The second-order valence-electron chi connectivity index (χ2n) is 5.78. The Morgan fingerprint density at radius 2 is 2.14 bits per heavy atom. The molecule has 3 rings (SSSR count). The van der Waals surface area contributed by atoms with E-state index in [4.69, 9.17) is 11.6 Å². The fourth-order valence-corrected chi connectivity index (χ4v) is 3.13. The van der Waals surface area contributed by atoms with Gasteiger partial charge in [-0.2, -0.15) is 10.2 Å². The average Bonchev–Trinajstić information content (AvgIpc) is 2.77. The maximum absolute atomic E-state index is 6.32. The molecular weight excluding hydrogens is 300 g/mol. The predicted molar refractivity (Wildman–Crippen MR) is 86.9 cm³/mol. The van der Waals surface area contributed by atoms with Crippen molar-refractivity contribution in [1.82, 2.24) is 24.9 Å². The molecule has 2 aromatic rings. The third kappa shape index (κ3) is 3.39. The molecule has 0 atom stereocenters. The van der Waals surface area contributed by atoms with Crippen molar-refractivity contribution in [2.75, 3.05) is 18.4 Å². The third-order valence-electron chi connectivity index (χ3n) is 4.16. The van der Waals surface area contributed by atoms with E-state index in [1.807, 2.05) is 26.1 Å². The van der Waals surface area contributed by atoms with Crippen LogP contribution in [0.15, 0.2) is 18.3 Å². The van der Waals surface area contributed by atoms with Crippen molar-refractivity contribution in [3.8, 4) is 0 Å². The number of nitrogens with zero attached hydrogens (tertiary/aromatic N) is 5. The average molecular weight is 321 g/mol. The molecule has 1 fully saturated rings. The zero-order valence-corrected chi connectivity index (χ0v) is 13.7. The second kappa shape index (κ2) is 6.62. The first-order chi connectivity index (χ1) is 10.6. The maximum Gasteiger partial charge on any atom is 0.148 e. The van der Waals surface area contributed by atoms with Gasteiger partial charge >= 0.3 is 0 Å². The van der Waals surface area contributed by atoms with Crippen LogP contribution in [0.1, 0.15) is 24.1 Å². The molecular formula is C15H21ClN6. The topological polar surface area (TPSA) is 58.9 Å². The molecule has 0 bridgehead atoms. The van der Waals surface area contributed by atoms with E-state index in [2.05, 4.69) is 25.5 Å². The van der Waals surface area contributed by atoms with Gasteiger partial charge in [0.05, 0.1) is 5.69 Å². The molecule has 0 unspecified atom stereocenters. The van der Waals surface area contributed by atoms with E-state index in [0.29, 0.717) is 6.04 Å². The summed E-state index contributed by atoms with van der Waals surface area (Å²) in [5.74, 6) is 0.854. The summed E-state index contributed by atoms with van der Waals surface area (Å²) in [6, 6.07) is 4.31. The van der Waals surface area contributed by atoms with Crippen LogP contribution in [-0.2, 0) is 13.6 Å². The Labute approximate surface area is 135 Å². The van der Waals surface area contributed by atoms with E-state index in [-0.39, 0.29) is 0 Å². The molecule has 7 heteroatoms. The summed E-state index contributed by atoms with van der Waals surface area (Å²) in [7, 11) is 1.88. The first-order valence-electron chi connectivity index (χ1n) is 7.58. The minimum Gasteiger partial charge on any atom is -0.366 e. The molecule has 0 aromatic carbocycles. The van der Waals surface area contributed by atoms with Crippen molar-refractivity contribution in [2.45, 2.75) is 32.4 Å². The van der Waals surface area contributed by atoms with Gasteiger partial charge in [-0.05, 0) is 31.9 Å². The van der Waals surface area contributed by atoms with E-state index < -0.39 is 0 Å². The van der Waals surface area contributed by atoms with Crippen molar-refractivity contribution in [3.63, 3.8) is 0 Å². The van der Waals surface area contributed by atoms with Crippen LogP contribution in [-0.4, -0.2) is 44.0 Å². The number of anilines is 1. The van der Waals surface area contributed by atoms with Crippen LogP contribution >= 0.6 is 11.6 Å². The van der Waals surface area contributed by atoms with Gasteiger partial charge in [0.2, 0.25) is 0 Å². The van der Waals surface area contributed by atoms with E-state index in [1.165, 1.54) is 0 Å². The smallest absolute Gasteiger partial charge is 0.148 e. The van der Waals surface area contributed by atoms with Crippen LogP contribution in [0.5, 0.6) is 0 Å². The Kier molecular flexibility index (Phi) is 4.59. The summed E-state index contributed by atoms with van der Waals surface area (Å²) in [4.78, 5) is 2.44. The van der Waals surface area contributed by atoms with Crippen LogP contribution < -0.4 is 5.32 Å². The van der Waals surface area contributed by atoms with Crippen LogP contribution in [0.3, 0.4) is 0 Å². The number of likely N-dealkylation sites (tertiary alicyclic amines) is 1. The molecule has 0 aliphatic carbocycles. The van der Waals surface area contributed by atoms with Gasteiger partial charge in [-0.3, -0.25) is 9.58 Å². The summed E-state index contributed by atoms with van der Waals surface area (Å²) >= 11 is 6.32. The molecule has 2 aromatic heterocycles. The van der Waals surface area contributed by atoms with E-state index in [0.717, 1.165) is 54.7 Å². The second-order valence-corrected chi connectivity index (χ2v) is 6.14. The maximum atomic E-state index is 6.32. The van der Waals surface area contributed by atoms with Crippen molar-refractivity contribution in [3.05, 3.63) is 34.7 Å². The van der Waals surface area contributed by atoms with Crippen LogP contribution in [0.2, 0.25) is 5.15 Å². The number of hydrogen-bond acceptors (Lipinski definition) is 5. The summed E-state index contributed by atoms with van der Waals surface area (Å²) in [6.07, 6.45) is 3.87. The summed E-state index contributed by atoms with van der Waals surface area (Å²) in [6.45, 7) is 4.98. The van der Waals surface area contributed by atoms with Gasteiger partial charge < -0.3 is 5.32 Å². The Bertz CT molecular complexity index is 618. The molecule has 6 nitrogen and oxygen atoms in total. The molecule has 3 heterocycles. The molecule has 0 saturated carbocycles. The van der Waals surface area contributed by atoms with Gasteiger partial charge in [0.1, 0.15) is 11.0 Å². The molecule has 1 aliphatic rings. The van der Waals surface area contributed by atoms with E-state index in [1.54, 1.807) is 10.9 Å². The number of hydrogen-bond donors (Lipinski definition) is 1. The highest BCUT2D eigenvalue weighted by Gasteiger charge is 2.22. The molecule has 0 amide bonds. The standard InChI is InChI=1S/C15H21ClN6/c1-11-13(15(16)21(2)20-11)10-22-8-5-12(6-9-22)18-14-4-3-7-17-19-14/h3-4,7,12H,5-6,8-10H2,1-2H3,(H,18,19). The number of piperidine rings is 1. The lowest BCUT2D eigenvalue weighted by Crippen LogP contribution is -2.38. The SMILES string of the molecule is Cc1nn(C)c(Cl)c1CN1CCC(Nc2cccnn2)CC1. The number of aromatic nitrogens is 4. The Balaban J connectivity index is 1.53. The van der Waals surface area contributed by atoms with E-state index in [9.17, 15) is 0 Å². The summed E-state index contributed by atoms with van der Waals surface area (Å²) < 4.78 is 1.74. The van der Waals surface area contributed by atoms with E-state index >= 15 is 0 Å². The Morgan fingerprint density at radius 1 is 1.36 bits per heavy atom. The minimum atomic E-state index is 0.457. The molecule has 1 saturated heterocycles. The fourth-order valence-electron chi connectivity index (χ4n) is 2.90. The largest absolute Gasteiger partial charge is 0.366 e. The molecule has 1 aliphatic heterocycles. The van der Waals surface area contributed by atoms with Gasteiger partial charge in [-0.15, -0.1) is 5.10 Å². The molecule has 0 radical (unpaired) electrons. The van der Waals surface area contributed by atoms with Crippen molar-refractivity contribution < 1.29 is 0 Å². The van der Waals surface area contributed by atoms with Crippen LogP contribution in [0.4, 0.5) is 5.82 Å². The third-order valence-corrected chi connectivity index (χ3v) is 4.64. The van der Waals surface area contributed by atoms with Gasteiger partial charge in [0.25, 0.3) is 0 Å². The molecule has 0 spiro atoms. The zero-order valence-electron chi connectivity index (χ0n) is 13.0. The number of halogens is 1. The Morgan fingerprint density at radius 3 is 2.73 bits per heavy atom. The first-order valence-corrected chi connectivity index (χ1v) is 7.96. The minimum absolute atomic E-state index is 0.457. The fraction of sp³-hybridized carbons (Fsp3) is 0.533. The lowest BCUT2D eigenvalue weighted by Gasteiger charge is -2.32. The summed E-state index contributed by atoms with van der Waals surface area (Å²) in [5, 5.41) is 16.6. The summed E-state index contributed by atoms with van der Waals surface area (Å²) in [5.41, 5.74) is 2.16. The van der Waals surface area contributed by atoms with Crippen molar-refractivity contribution in [1.29, 1.82) is 0 Å². The van der Waals surface area contributed by atoms with Crippen molar-refractivity contribution in [2.24, 2.45) is 7.05 Å². The highest BCUT2D eigenvalue weighted by Crippen LogP contribution is 2.23. The van der Waals surface area contributed by atoms with Crippen LogP contribution in [0, 0.1) is 6.92 Å². The van der Waals surface area contributed by atoms with Crippen LogP contribution in [0.25, 0.3) is 0 Å². The number of nitrogens with one attached hydrogen (secondary N) is 1. The van der Waals surface area contributed by atoms with Gasteiger partial charge in [-0.1, -0.05) is 11.6 Å². The van der Waals surface area contributed by atoms with Gasteiger partial charge in [0.15, 0.2) is 0 Å². The zero-order chi connectivity index (χ0) is 15.5. The normalized spacial score (nSPS) is 16.9. The highest BCUT2D eigenvalue weighted by atomic mass is 35.5. The monoisotopic (exact) mass is 320 g/mol. The number of aryl methyl sites for hydroxylation is 2. The Hall–Kier alpha value is -1.66. The lowest BCUT2D eigenvalue weighted by molar-refractivity contribution is 0.211. The van der Waals surface area contributed by atoms with Gasteiger partial charge in [-0.25, -0.2) is 0 Å². The molecule has 22 heavy (non-hydrogen) atoms. The quantitative estimate of drug-likeness (QED) is 0.936. The van der Waals surface area contributed by atoms with Gasteiger partial charge in [0, 0.05) is 44.5 Å². The highest BCUT2D eigenvalue weighted by molar-refractivity contribution is 6.30. The first kappa shape index (κ1) is 15.2. The lowest BCUT2D eigenvalue weighted by atomic mass is 10.0. The van der Waals surface area contributed by atoms with Crippen molar-refractivity contribution >= 4 is 17.4 Å². The molecule has 1 N–H and O–H groups in total. The molecule has 118 valence electrons. The number of rotatable bonds is 4.